The molecule has 3 heteroatoms. The van der Waals surface area contributed by atoms with Crippen LogP contribution >= 0.6 is 0 Å². The molecule has 1 rings (SSSR count). The topological polar surface area (TPSA) is 35.5 Å². The molecule has 88 valence electrons. The summed E-state index contributed by atoms with van der Waals surface area (Å²) in [4.78, 5) is 11.7. The molecule has 0 saturated heterocycles. The maximum Gasteiger partial charge on any atom is 0.165 e. The van der Waals surface area contributed by atoms with Crippen molar-refractivity contribution in [3.63, 3.8) is 0 Å². The van der Waals surface area contributed by atoms with Crippen LogP contribution in [-0.2, 0) is 9.47 Å². The summed E-state index contributed by atoms with van der Waals surface area (Å²) < 4.78 is 10.4. The number of ketones is 1. The van der Waals surface area contributed by atoms with E-state index >= 15 is 0 Å². The van der Waals surface area contributed by atoms with E-state index in [2.05, 4.69) is 0 Å². The third kappa shape index (κ3) is 4.55. The number of hydrogen-bond donors (Lipinski definition) is 0. The van der Waals surface area contributed by atoms with E-state index in [0.717, 1.165) is 5.56 Å². The Bertz CT molecular complexity index is 308. The number of Topliss-reactive ketones (excluding diaryl/α,β-unsaturated/α-hetero) is 1. The molecule has 0 bridgehead atoms. The van der Waals surface area contributed by atoms with E-state index < -0.39 is 0 Å². The van der Waals surface area contributed by atoms with Gasteiger partial charge in [-0.25, -0.2) is 0 Å². The molecule has 1 aromatic carbocycles. The molecule has 1 unspecified atom stereocenters. The molecule has 16 heavy (non-hydrogen) atoms. The second kappa shape index (κ2) is 7.14. The summed E-state index contributed by atoms with van der Waals surface area (Å²) in [5, 5.41) is 0. The zero-order valence-electron chi connectivity index (χ0n) is 9.81. The fourth-order valence-electron chi connectivity index (χ4n) is 1.40. The number of carbonyl (C=O) groups is 1. The Morgan fingerprint density at radius 1 is 1.31 bits per heavy atom. The van der Waals surface area contributed by atoms with Crippen molar-refractivity contribution in [3.05, 3.63) is 35.9 Å². The van der Waals surface area contributed by atoms with E-state index in [4.69, 9.17) is 9.47 Å². The summed E-state index contributed by atoms with van der Waals surface area (Å²) in [6, 6.07) is 9.26. The Labute approximate surface area is 96.4 Å². The second-order valence-corrected chi connectivity index (χ2v) is 3.68. The molecule has 1 atom stereocenters. The summed E-state index contributed by atoms with van der Waals surface area (Å²) in [6.07, 6.45) is 0.450. The van der Waals surface area contributed by atoms with Gasteiger partial charge in [0.05, 0.1) is 19.3 Å². The van der Waals surface area contributed by atoms with Gasteiger partial charge in [0.25, 0.3) is 0 Å². The lowest BCUT2D eigenvalue weighted by Crippen LogP contribution is -2.17. The highest BCUT2D eigenvalue weighted by Gasteiger charge is 2.06. The second-order valence-electron chi connectivity index (χ2n) is 3.68. The van der Waals surface area contributed by atoms with Gasteiger partial charge in [-0.1, -0.05) is 30.3 Å². The summed E-state index contributed by atoms with van der Waals surface area (Å²) in [6.45, 7) is 2.92. The molecule has 0 heterocycles. The molecule has 0 N–H and O–H groups in total. The SMILES string of the molecule is COCC(C)OCCC(=O)c1ccccc1. The fourth-order valence-corrected chi connectivity index (χ4v) is 1.40. The minimum atomic E-state index is 0.0357. The van der Waals surface area contributed by atoms with Gasteiger partial charge in [-0.05, 0) is 6.92 Å². The predicted octanol–water partition coefficient (Wildman–Crippen LogP) is 2.31. The maximum absolute atomic E-state index is 11.7. The summed E-state index contributed by atoms with van der Waals surface area (Å²) in [5.74, 6) is 0.116. The first-order valence-electron chi connectivity index (χ1n) is 5.43. The van der Waals surface area contributed by atoms with Gasteiger partial charge in [-0.3, -0.25) is 4.79 Å². The van der Waals surface area contributed by atoms with Crippen LogP contribution in [0.3, 0.4) is 0 Å². The van der Waals surface area contributed by atoms with Gasteiger partial charge in [-0.15, -0.1) is 0 Å². The number of hydrogen-bond acceptors (Lipinski definition) is 3. The molecule has 0 fully saturated rings. The fraction of sp³-hybridized carbons (Fsp3) is 0.462. The van der Waals surface area contributed by atoms with Crippen molar-refractivity contribution >= 4 is 5.78 Å². The van der Waals surface area contributed by atoms with E-state index in [0.29, 0.717) is 19.6 Å². The predicted molar refractivity (Wildman–Crippen MR) is 62.7 cm³/mol. The van der Waals surface area contributed by atoms with Crippen molar-refractivity contribution in [2.45, 2.75) is 19.4 Å². The van der Waals surface area contributed by atoms with Gasteiger partial charge < -0.3 is 9.47 Å². The summed E-state index contributed by atoms with van der Waals surface area (Å²) >= 11 is 0. The highest BCUT2D eigenvalue weighted by molar-refractivity contribution is 5.96. The van der Waals surface area contributed by atoms with E-state index in [1.807, 2.05) is 37.3 Å². The van der Waals surface area contributed by atoms with Crippen molar-refractivity contribution in [2.24, 2.45) is 0 Å². The van der Waals surface area contributed by atoms with E-state index in [1.54, 1.807) is 7.11 Å². The highest BCUT2D eigenvalue weighted by Crippen LogP contribution is 2.03. The summed E-state index contributed by atoms with van der Waals surface area (Å²) in [5.41, 5.74) is 0.741. The molecule has 0 amide bonds. The van der Waals surface area contributed by atoms with Crippen LogP contribution in [0.2, 0.25) is 0 Å². The third-order valence-electron chi connectivity index (χ3n) is 2.23. The Morgan fingerprint density at radius 3 is 2.62 bits per heavy atom. The van der Waals surface area contributed by atoms with E-state index in [9.17, 15) is 4.79 Å². The number of benzene rings is 1. The number of methoxy groups -OCH3 is 1. The number of carbonyl (C=O) groups excluding carboxylic acids is 1. The van der Waals surface area contributed by atoms with Crippen molar-refractivity contribution in [1.82, 2.24) is 0 Å². The van der Waals surface area contributed by atoms with Crippen LogP contribution in [-0.4, -0.2) is 32.2 Å². The van der Waals surface area contributed by atoms with Crippen LogP contribution < -0.4 is 0 Å². The van der Waals surface area contributed by atoms with Crippen LogP contribution in [0.5, 0.6) is 0 Å². The van der Waals surface area contributed by atoms with E-state index in [-0.39, 0.29) is 11.9 Å². The molecule has 0 aliphatic rings. The monoisotopic (exact) mass is 222 g/mol. The molecule has 1 aromatic rings. The van der Waals surface area contributed by atoms with Crippen LogP contribution in [0, 0.1) is 0 Å². The molecule has 0 spiro atoms. The first-order valence-corrected chi connectivity index (χ1v) is 5.43. The van der Waals surface area contributed by atoms with Crippen LogP contribution in [0.1, 0.15) is 23.7 Å². The average Bonchev–Trinajstić information content (AvgIpc) is 2.30. The minimum absolute atomic E-state index is 0.0357. The molecule has 3 nitrogen and oxygen atoms in total. The zero-order chi connectivity index (χ0) is 11.8. The molecular weight excluding hydrogens is 204 g/mol. The van der Waals surface area contributed by atoms with Crippen LogP contribution in [0.15, 0.2) is 30.3 Å². The van der Waals surface area contributed by atoms with Gasteiger partial charge in [0.15, 0.2) is 5.78 Å². The lowest BCUT2D eigenvalue weighted by molar-refractivity contribution is 0.00912. The average molecular weight is 222 g/mol. The molecule has 0 aliphatic heterocycles. The Hall–Kier alpha value is -1.19. The zero-order valence-corrected chi connectivity index (χ0v) is 9.81. The lowest BCUT2D eigenvalue weighted by atomic mass is 10.1. The van der Waals surface area contributed by atoms with Crippen molar-refractivity contribution < 1.29 is 14.3 Å². The Morgan fingerprint density at radius 2 is 2.00 bits per heavy atom. The largest absolute Gasteiger partial charge is 0.382 e. The normalized spacial score (nSPS) is 12.4. The van der Waals surface area contributed by atoms with Crippen LogP contribution in [0.25, 0.3) is 0 Å². The first-order chi connectivity index (χ1) is 7.74. The van der Waals surface area contributed by atoms with Gasteiger partial charge >= 0.3 is 0 Å². The molecular formula is C13H18O3. The van der Waals surface area contributed by atoms with Gasteiger partial charge in [0.2, 0.25) is 0 Å². The molecule has 0 saturated carbocycles. The molecule has 0 aromatic heterocycles. The third-order valence-corrected chi connectivity index (χ3v) is 2.23. The smallest absolute Gasteiger partial charge is 0.165 e. The molecule has 0 radical (unpaired) electrons. The first kappa shape index (κ1) is 12.9. The van der Waals surface area contributed by atoms with Gasteiger partial charge in [0.1, 0.15) is 0 Å². The summed E-state index contributed by atoms with van der Waals surface area (Å²) in [7, 11) is 1.63. The standard InChI is InChI=1S/C13H18O3/c1-11(10-15-2)16-9-8-13(14)12-6-4-3-5-7-12/h3-7,11H,8-10H2,1-2H3. The van der Waals surface area contributed by atoms with Crippen molar-refractivity contribution in [2.75, 3.05) is 20.3 Å². The quantitative estimate of drug-likeness (QED) is 0.664. The molecule has 0 aliphatic carbocycles. The van der Waals surface area contributed by atoms with E-state index in [1.165, 1.54) is 0 Å². The van der Waals surface area contributed by atoms with Crippen LogP contribution in [0.4, 0.5) is 0 Å². The van der Waals surface area contributed by atoms with Gasteiger partial charge in [-0.2, -0.15) is 0 Å². The van der Waals surface area contributed by atoms with Crippen molar-refractivity contribution in [3.8, 4) is 0 Å². The van der Waals surface area contributed by atoms with Crippen molar-refractivity contribution in [1.29, 1.82) is 0 Å². The Kier molecular flexibility index (Phi) is 5.75. The lowest BCUT2D eigenvalue weighted by Gasteiger charge is -2.11. The van der Waals surface area contributed by atoms with Gasteiger partial charge in [0, 0.05) is 19.1 Å². The highest BCUT2D eigenvalue weighted by atomic mass is 16.5. The maximum atomic E-state index is 11.7. The minimum Gasteiger partial charge on any atom is -0.382 e. The number of rotatable bonds is 7. The Balaban J connectivity index is 2.26. The number of ether oxygens (including phenoxy) is 2.